The Labute approximate surface area is 122 Å². The summed E-state index contributed by atoms with van der Waals surface area (Å²) in [5, 5.41) is 11.3. The molecule has 2 heterocycles. The maximum absolute atomic E-state index is 11.9. The monoisotopic (exact) mass is 298 g/mol. The van der Waals surface area contributed by atoms with Crippen molar-refractivity contribution in [3.8, 4) is 11.1 Å². The molecule has 8 heteroatoms. The highest BCUT2D eigenvalue weighted by atomic mass is 16.6. The minimum absolute atomic E-state index is 0.0788. The van der Waals surface area contributed by atoms with Crippen molar-refractivity contribution in [2.75, 3.05) is 0 Å². The Kier molecular flexibility index (Phi) is 3.06. The predicted molar refractivity (Wildman–Crippen MR) is 79.7 cm³/mol. The van der Waals surface area contributed by atoms with Gasteiger partial charge in [0.25, 0.3) is 11.2 Å². The Hall–Kier alpha value is -3.29. The van der Waals surface area contributed by atoms with Crippen molar-refractivity contribution in [1.29, 1.82) is 0 Å². The number of nitrogens with one attached hydrogen (secondary N) is 1. The number of pyridine rings is 1. The van der Waals surface area contributed by atoms with Gasteiger partial charge in [0.15, 0.2) is 0 Å². The molecule has 22 heavy (non-hydrogen) atoms. The summed E-state index contributed by atoms with van der Waals surface area (Å²) >= 11 is 0. The summed E-state index contributed by atoms with van der Waals surface area (Å²) in [5.41, 5.74) is -0.213. The zero-order valence-electron chi connectivity index (χ0n) is 11.4. The van der Waals surface area contributed by atoms with Crippen LogP contribution >= 0.6 is 0 Å². The minimum atomic E-state index is -0.578. The van der Waals surface area contributed by atoms with Crippen LogP contribution in [-0.4, -0.2) is 19.5 Å². The molecule has 8 nitrogen and oxygen atoms in total. The molecule has 0 unspecified atom stereocenters. The van der Waals surface area contributed by atoms with Crippen LogP contribution in [0.25, 0.3) is 22.2 Å². The minimum Gasteiger partial charge on any atom is -0.281 e. The fourth-order valence-electron chi connectivity index (χ4n) is 2.26. The van der Waals surface area contributed by atoms with Crippen molar-refractivity contribution in [2.24, 2.45) is 7.05 Å². The van der Waals surface area contributed by atoms with E-state index in [4.69, 9.17) is 0 Å². The number of para-hydroxylation sites is 1. The molecule has 110 valence electrons. The van der Waals surface area contributed by atoms with Gasteiger partial charge < -0.3 is 0 Å². The van der Waals surface area contributed by atoms with Crippen molar-refractivity contribution in [3.63, 3.8) is 0 Å². The highest BCUT2D eigenvalue weighted by Gasteiger charge is 2.16. The molecule has 1 aromatic carbocycles. The smallest absolute Gasteiger partial charge is 0.281 e. The van der Waals surface area contributed by atoms with Crippen LogP contribution in [0.3, 0.4) is 0 Å². The molecular formula is C14H10N4O4. The number of rotatable bonds is 2. The SMILES string of the molecule is Cn1c(=O)[nH]c(=O)c2cc(-c3ccccc3[N+](=O)[O-])cnc21. The van der Waals surface area contributed by atoms with Gasteiger partial charge in [-0.1, -0.05) is 12.1 Å². The van der Waals surface area contributed by atoms with Crippen LogP contribution in [-0.2, 0) is 7.05 Å². The number of hydrogen-bond acceptors (Lipinski definition) is 5. The van der Waals surface area contributed by atoms with E-state index in [0.29, 0.717) is 11.1 Å². The van der Waals surface area contributed by atoms with E-state index in [2.05, 4.69) is 9.97 Å². The molecule has 0 bridgehead atoms. The topological polar surface area (TPSA) is 111 Å². The average molecular weight is 298 g/mol. The van der Waals surface area contributed by atoms with Gasteiger partial charge in [-0.3, -0.25) is 24.5 Å². The molecule has 3 aromatic rings. The zero-order chi connectivity index (χ0) is 15.9. The third kappa shape index (κ3) is 2.06. The Bertz CT molecular complexity index is 1020. The fraction of sp³-hybridized carbons (Fsp3) is 0.0714. The molecule has 3 rings (SSSR count). The molecule has 0 amide bonds. The lowest BCUT2D eigenvalue weighted by Gasteiger charge is -2.06. The predicted octanol–water partition coefficient (Wildman–Crippen LogP) is 1.20. The Balaban J connectivity index is 2.34. The first-order valence-electron chi connectivity index (χ1n) is 6.32. The van der Waals surface area contributed by atoms with Gasteiger partial charge in [0.2, 0.25) is 0 Å². The maximum atomic E-state index is 11.9. The standard InChI is InChI=1S/C14H10N4O4/c1-17-12-10(13(19)16-14(17)20)6-8(7-15-12)9-4-2-3-5-11(9)18(21)22/h2-7H,1H3,(H,16,19,20). The first kappa shape index (κ1) is 13.7. The second kappa shape index (κ2) is 4.92. The second-order valence-electron chi connectivity index (χ2n) is 4.69. The van der Waals surface area contributed by atoms with Crippen LogP contribution in [0.2, 0.25) is 0 Å². The number of aromatic amines is 1. The summed E-state index contributed by atoms with van der Waals surface area (Å²) in [6, 6.07) is 7.68. The Morgan fingerprint density at radius 1 is 1.27 bits per heavy atom. The molecule has 0 saturated heterocycles. The van der Waals surface area contributed by atoms with Crippen molar-refractivity contribution in [2.45, 2.75) is 0 Å². The highest BCUT2D eigenvalue weighted by Crippen LogP contribution is 2.29. The number of nitro groups is 1. The van der Waals surface area contributed by atoms with Gasteiger partial charge in [-0.05, 0) is 12.1 Å². The van der Waals surface area contributed by atoms with E-state index in [1.807, 2.05) is 0 Å². The Morgan fingerprint density at radius 3 is 2.73 bits per heavy atom. The number of aryl methyl sites for hydroxylation is 1. The van der Waals surface area contributed by atoms with Crippen LogP contribution in [0.15, 0.2) is 46.1 Å². The van der Waals surface area contributed by atoms with Crippen molar-refractivity contribution in [3.05, 3.63) is 67.5 Å². The third-order valence-electron chi connectivity index (χ3n) is 3.37. The number of nitrogens with zero attached hydrogens (tertiary/aromatic N) is 3. The largest absolute Gasteiger partial charge is 0.329 e. The zero-order valence-corrected chi connectivity index (χ0v) is 11.4. The van der Waals surface area contributed by atoms with Crippen molar-refractivity contribution in [1.82, 2.24) is 14.5 Å². The van der Waals surface area contributed by atoms with Gasteiger partial charge in [-0.25, -0.2) is 9.78 Å². The van der Waals surface area contributed by atoms with Crippen LogP contribution in [0, 0.1) is 10.1 Å². The van der Waals surface area contributed by atoms with Crippen LogP contribution in [0.5, 0.6) is 0 Å². The molecule has 0 aliphatic carbocycles. The number of aromatic nitrogens is 3. The fourth-order valence-corrected chi connectivity index (χ4v) is 2.26. The third-order valence-corrected chi connectivity index (χ3v) is 3.37. The molecule has 1 N–H and O–H groups in total. The lowest BCUT2D eigenvalue weighted by molar-refractivity contribution is -0.384. The molecule has 0 atom stereocenters. The van der Waals surface area contributed by atoms with Crippen LogP contribution in [0.1, 0.15) is 0 Å². The highest BCUT2D eigenvalue weighted by molar-refractivity contribution is 5.83. The normalized spacial score (nSPS) is 10.8. The van der Waals surface area contributed by atoms with Gasteiger partial charge in [0.1, 0.15) is 5.65 Å². The van der Waals surface area contributed by atoms with Gasteiger partial charge in [0, 0.05) is 24.9 Å². The molecule has 0 aliphatic rings. The first-order valence-corrected chi connectivity index (χ1v) is 6.32. The molecule has 0 radical (unpaired) electrons. The maximum Gasteiger partial charge on any atom is 0.329 e. The summed E-state index contributed by atoms with van der Waals surface area (Å²) in [6.07, 6.45) is 1.41. The van der Waals surface area contributed by atoms with E-state index >= 15 is 0 Å². The quantitative estimate of drug-likeness (QED) is 0.564. The summed E-state index contributed by atoms with van der Waals surface area (Å²) in [6.45, 7) is 0. The summed E-state index contributed by atoms with van der Waals surface area (Å²) in [5.74, 6) is 0. The summed E-state index contributed by atoms with van der Waals surface area (Å²) < 4.78 is 1.21. The molecule has 0 saturated carbocycles. The number of nitro benzene ring substituents is 1. The number of H-pyrrole nitrogens is 1. The van der Waals surface area contributed by atoms with E-state index in [0.717, 1.165) is 0 Å². The average Bonchev–Trinajstić information content (AvgIpc) is 2.52. The first-order chi connectivity index (χ1) is 10.5. The number of fused-ring (bicyclic) bond motifs is 1. The molecule has 0 fully saturated rings. The van der Waals surface area contributed by atoms with Gasteiger partial charge in [-0.15, -0.1) is 0 Å². The van der Waals surface area contributed by atoms with Gasteiger partial charge in [-0.2, -0.15) is 0 Å². The lowest BCUT2D eigenvalue weighted by Crippen LogP contribution is -2.28. The van der Waals surface area contributed by atoms with E-state index in [-0.39, 0.29) is 16.7 Å². The van der Waals surface area contributed by atoms with Crippen LogP contribution < -0.4 is 11.2 Å². The van der Waals surface area contributed by atoms with E-state index in [1.165, 1.54) is 29.9 Å². The number of hydrogen-bond donors (Lipinski definition) is 1. The molecular weight excluding hydrogens is 288 g/mol. The summed E-state index contributed by atoms with van der Waals surface area (Å²) in [4.78, 5) is 40.3. The Morgan fingerprint density at radius 2 is 2.00 bits per heavy atom. The molecule has 0 spiro atoms. The van der Waals surface area contributed by atoms with E-state index in [1.54, 1.807) is 18.2 Å². The van der Waals surface area contributed by atoms with Gasteiger partial charge >= 0.3 is 5.69 Å². The molecule has 0 aliphatic heterocycles. The lowest BCUT2D eigenvalue weighted by atomic mass is 10.0. The summed E-state index contributed by atoms with van der Waals surface area (Å²) in [7, 11) is 1.48. The van der Waals surface area contributed by atoms with E-state index < -0.39 is 16.2 Å². The second-order valence-corrected chi connectivity index (χ2v) is 4.69. The van der Waals surface area contributed by atoms with Crippen molar-refractivity contribution >= 4 is 16.7 Å². The molecule has 2 aromatic heterocycles. The van der Waals surface area contributed by atoms with Gasteiger partial charge in [0.05, 0.1) is 15.9 Å². The van der Waals surface area contributed by atoms with E-state index in [9.17, 15) is 19.7 Å². The van der Waals surface area contributed by atoms with Crippen LogP contribution in [0.4, 0.5) is 5.69 Å². The number of benzene rings is 1. The van der Waals surface area contributed by atoms with Crippen molar-refractivity contribution < 1.29 is 4.92 Å².